The Labute approximate surface area is 147 Å². The first-order valence-electron chi connectivity index (χ1n) is 8.89. The molecule has 6 heteroatoms. The van der Waals surface area contributed by atoms with Gasteiger partial charge in [0.2, 0.25) is 0 Å². The van der Waals surface area contributed by atoms with E-state index < -0.39 is 0 Å². The number of likely N-dealkylation sites (tertiary alicyclic amines) is 1. The molecule has 1 aliphatic heterocycles. The Morgan fingerprint density at radius 2 is 1.88 bits per heavy atom. The van der Waals surface area contributed by atoms with Crippen LogP contribution in [0, 0.1) is 0 Å². The van der Waals surface area contributed by atoms with Crippen LogP contribution < -0.4 is 9.47 Å². The molecule has 2 fully saturated rings. The molecule has 1 saturated heterocycles. The fourth-order valence-electron chi connectivity index (χ4n) is 3.28. The summed E-state index contributed by atoms with van der Waals surface area (Å²) in [5.74, 6) is 2.09. The van der Waals surface area contributed by atoms with Crippen LogP contribution in [0.15, 0.2) is 30.3 Å². The van der Waals surface area contributed by atoms with Gasteiger partial charge < -0.3 is 14.4 Å². The van der Waals surface area contributed by atoms with Crippen molar-refractivity contribution >= 4 is 5.91 Å². The predicted octanol–water partition coefficient (Wildman–Crippen LogP) is 2.98. The molecule has 0 radical (unpaired) electrons. The summed E-state index contributed by atoms with van der Waals surface area (Å²) < 4.78 is 11.4. The highest BCUT2D eigenvalue weighted by atomic mass is 16.5. The molecule has 1 aromatic heterocycles. The molecule has 4 rings (SSSR count). The number of carbonyl (C=O) groups excluding carboxylic acids is 1. The second-order valence-corrected chi connectivity index (χ2v) is 6.74. The number of aromatic nitrogens is 2. The van der Waals surface area contributed by atoms with Crippen molar-refractivity contribution in [1.82, 2.24) is 15.1 Å². The molecule has 0 atom stereocenters. The molecule has 1 saturated carbocycles. The second kappa shape index (κ2) is 6.78. The molecule has 1 aromatic carbocycles. The lowest BCUT2D eigenvalue weighted by Gasteiger charge is -2.32. The van der Waals surface area contributed by atoms with Gasteiger partial charge in [-0.25, -0.2) is 0 Å². The van der Waals surface area contributed by atoms with Crippen molar-refractivity contribution < 1.29 is 14.3 Å². The molecule has 6 nitrogen and oxygen atoms in total. The minimum atomic E-state index is 0.0129. The molecule has 0 spiro atoms. The summed E-state index contributed by atoms with van der Waals surface area (Å²) in [4.78, 5) is 14.5. The van der Waals surface area contributed by atoms with E-state index in [-0.39, 0.29) is 12.0 Å². The minimum Gasteiger partial charge on any atom is -0.493 e. The maximum Gasteiger partial charge on any atom is 0.274 e. The Kier molecular flexibility index (Phi) is 4.34. The van der Waals surface area contributed by atoms with Gasteiger partial charge in [-0.1, -0.05) is 12.1 Å². The monoisotopic (exact) mass is 341 g/mol. The summed E-state index contributed by atoms with van der Waals surface area (Å²) in [5.41, 5.74) is 1.63. The Morgan fingerprint density at radius 3 is 2.56 bits per heavy atom. The number of methoxy groups -OCH3 is 1. The predicted molar refractivity (Wildman–Crippen MR) is 93.1 cm³/mol. The number of hydrogen-bond donors (Lipinski definition) is 1. The third kappa shape index (κ3) is 3.48. The number of H-pyrrole nitrogens is 1. The number of amides is 1. The van der Waals surface area contributed by atoms with E-state index in [4.69, 9.17) is 9.47 Å². The standard InChI is InChI=1S/C19H23N3O3/c1-24-17-4-2-3-5-18(17)25-14-8-10-22(11-9-14)19(23)16-12-15(20-21-16)13-6-7-13/h2-5,12-14H,6-11H2,1H3,(H,20,21). The maximum atomic E-state index is 12.6. The van der Waals surface area contributed by atoms with Crippen molar-refractivity contribution in [1.29, 1.82) is 0 Å². The van der Waals surface area contributed by atoms with Gasteiger partial charge in [0.15, 0.2) is 11.5 Å². The number of carbonyl (C=O) groups is 1. The average Bonchev–Trinajstić information content (AvgIpc) is 3.39. The van der Waals surface area contributed by atoms with Gasteiger partial charge in [-0.15, -0.1) is 0 Å². The third-order valence-electron chi connectivity index (χ3n) is 4.93. The van der Waals surface area contributed by atoms with E-state index >= 15 is 0 Å². The van der Waals surface area contributed by atoms with Crippen LogP contribution in [-0.2, 0) is 0 Å². The van der Waals surface area contributed by atoms with Crippen molar-refractivity contribution in [2.45, 2.75) is 37.7 Å². The third-order valence-corrected chi connectivity index (χ3v) is 4.93. The van der Waals surface area contributed by atoms with Gasteiger partial charge in [0, 0.05) is 37.5 Å². The summed E-state index contributed by atoms with van der Waals surface area (Å²) in [5, 5.41) is 7.20. The van der Waals surface area contributed by atoms with Gasteiger partial charge in [0.05, 0.1) is 7.11 Å². The van der Waals surface area contributed by atoms with Gasteiger partial charge in [-0.3, -0.25) is 9.89 Å². The maximum absolute atomic E-state index is 12.6. The van der Waals surface area contributed by atoms with Crippen molar-refractivity contribution in [3.05, 3.63) is 41.7 Å². The van der Waals surface area contributed by atoms with E-state index in [2.05, 4.69) is 10.2 Å². The SMILES string of the molecule is COc1ccccc1OC1CCN(C(=O)c2cc(C3CC3)[nH]n2)CC1. The molecule has 132 valence electrons. The van der Waals surface area contributed by atoms with E-state index in [1.165, 1.54) is 12.8 Å². The summed E-state index contributed by atoms with van der Waals surface area (Å²) in [6.07, 6.45) is 4.11. The first kappa shape index (κ1) is 16.0. The minimum absolute atomic E-state index is 0.0129. The van der Waals surface area contributed by atoms with Crippen LogP contribution in [0.3, 0.4) is 0 Å². The lowest BCUT2D eigenvalue weighted by Crippen LogP contribution is -2.42. The van der Waals surface area contributed by atoms with Gasteiger partial charge in [-0.2, -0.15) is 5.10 Å². The van der Waals surface area contributed by atoms with Crippen LogP contribution in [-0.4, -0.2) is 47.3 Å². The Balaban J connectivity index is 1.33. The van der Waals surface area contributed by atoms with Gasteiger partial charge in [-0.05, 0) is 31.0 Å². The van der Waals surface area contributed by atoms with Crippen LogP contribution in [0.2, 0.25) is 0 Å². The number of rotatable bonds is 5. The van der Waals surface area contributed by atoms with Crippen LogP contribution in [0.5, 0.6) is 11.5 Å². The van der Waals surface area contributed by atoms with Crippen LogP contribution in [0.25, 0.3) is 0 Å². The Morgan fingerprint density at radius 1 is 1.16 bits per heavy atom. The number of nitrogens with one attached hydrogen (secondary N) is 1. The highest BCUT2D eigenvalue weighted by Crippen LogP contribution is 2.39. The molecule has 1 amide bonds. The number of piperidine rings is 1. The zero-order valence-electron chi connectivity index (χ0n) is 14.4. The van der Waals surface area contributed by atoms with E-state index in [0.29, 0.717) is 24.7 Å². The molecule has 0 bridgehead atoms. The highest BCUT2D eigenvalue weighted by Gasteiger charge is 2.29. The topological polar surface area (TPSA) is 67.5 Å². The first-order valence-corrected chi connectivity index (χ1v) is 8.89. The highest BCUT2D eigenvalue weighted by molar-refractivity contribution is 5.92. The molecule has 1 N–H and O–H groups in total. The average molecular weight is 341 g/mol. The number of aromatic amines is 1. The van der Waals surface area contributed by atoms with E-state index in [1.807, 2.05) is 35.2 Å². The Hall–Kier alpha value is -2.50. The lowest BCUT2D eigenvalue weighted by atomic mass is 10.1. The van der Waals surface area contributed by atoms with Crippen molar-refractivity contribution in [3.8, 4) is 11.5 Å². The molecular formula is C19H23N3O3. The molecule has 2 heterocycles. The smallest absolute Gasteiger partial charge is 0.274 e. The fourth-order valence-corrected chi connectivity index (χ4v) is 3.28. The van der Waals surface area contributed by atoms with Crippen molar-refractivity contribution in [2.75, 3.05) is 20.2 Å². The number of ether oxygens (including phenoxy) is 2. The molecule has 0 unspecified atom stereocenters. The second-order valence-electron chi connectivity index (χ2n) is 6.74. The van der Waals surface area contributed by atoms with Gasteiger partial charge in [0.1, 0.15) is 11.8 Å². The first-order chi connectivity index (χ1) is 12.2. The zero-order valence-corrected chi connectivity index (χ0v) is 14.4. The van der Waals surface area contributed by atoms with E-state index in [1.54, 1.807) is 7.11 Å². The van der Waals surface area contributed by atoms with Crippen molar-refractivity contribution in [3.63, 3.8) is 0 Å². The number of hydrogen-bond acceptors (Lipinski definition) is 4. The summed E-state index contributed by atoms with van der Waals surface area (Å²) in [6, 6.07) is 9.58. The molecule has 1 aliphatic carbocycles. The number of nitrogens with zero attached hydrogens (tertiary/aromatic N) is 2. The summed E-state index contributed by atoms with van der Waals surface area (Å²) >= 11 is 0. The van der Waals surface area contributed by atoms with Crippen LogP contribution in [0.4, 0.5) is 0 Å². The number of para-hydroxylation sites is 2. The van der Waals surface area contributed by atoms with Gasteiger partial charge in [0.25, 0.3) is 5.91 Å². The van der Waals surface area contributed by atoms with Gasteiger partial charge >= 0.3 is 0 Å². The molecule has 25 heavy (non-hydrogen) atoms. The van der Waals surface area contributed by atoms with Crippen LogP contribution >= 0.6 is 0 Å². The normalized spacial score (nSPS) is 18.2. The lowest BCUT2D eigenvalue weighted by molar-refractivity contribution is 0.0585. The zero-order chi connectivity index (χ0) is 17.2. The molecular weight excluding hydrogens is 318 g/mol. The largest absolute Gasteiger partial charge is 0.493 e. The quantitative estimate of drug-likeness (QED) is 0.908. The summed E-state index contributed by atoms with van der Waals surface area (Å²) in [7, 11) is 1.64. The van der Waals surface area contributed by atoms with Crippen molar-refractivity contribution in [2.24, 2.45) is 0 Å². The summed E-state index contributed by atoms with van der Waals surface area (Å²) in [6.45, 7) is 1.37. The van der Waals surface area contributed by atoms with E-state index in [9.17, 15) is 4.79 Å². The molecule has 2 aromatic rings. The fraction of sp³-hybridized carbons (Fsp3) is 0.474. The van der Waals surface area contributed by atoms with Crippen LogP contribution in [0.1, 0.15) is 47.8 Å². The number of benzene rings is 1. The van der Waals surface area contributed by atoms with E-state index in [0.717, 1.165) is 30.0 Å². The molecule has 2 aliphatic rings. The Bertz CT molecular complexity index is 746.